The van der Waals surface area contributed by atoms with E-state index in [2.05, 4.69) is 11.1 Å². The summed E-state index contributed by atoms with van der Waals surface area (Å²) in [6, 6.07) is 19.4. The van der Waals surface area contributed by atoms with Crippen molar-refractivity contribution in [2.75, 3.05) is 4.90 Å². The number of hydrogen-bond acceptors (Lipinski definition) is 5. The fourth-order valence-corrected chi connectivity index (χ4v) is 6.17. The van der Waals surface area contributed by atoms with Gasteiger partial charge in [-0.2, -0.15) is 0 Å². The average molecular weight is 571 g/mol. The molecule has 5 aromatic rings. The molecule has 1 amide bonds. The van der Waals surface area contributed by atoms with E-state index >= 15 is 0 Å². The van der Waals surface area contributed by atoms with Crippen LogP contribution < -0.4 is 4.90 Å². The molecule has 0 aliphatic heterocycles. The van der Waals surface area contributed by atoms with Gasteiger partial charge < -0.3 is 9.67 Å². The predicted octanol–water partition coefficient (Wildman–Crippen LogP) is 6.85. The number of benzene rings is 2. The third kappa shape index (κ3) is 5.37. The van der Waals surface area contributed by atoms with Crippen LogP contribution in [0.2, 0.25) is 5.02 Å². The zero-order valence-electron chi connectivity index (χ0n) is 21.8. The average Bonchev–Trinajstić information content (AvgIpc) is 3.54. The molecule has 1 N–H and O–H groups in total. The van der Waals surface area contributed by atoms with Crippen LogP contribution in [0.15, 0.2) is 78.4 Å². The Bertz CT molecular complexity index is 1710. The van der Waals surface area contributed by atoms with Crippen molar-refractivity contribution < 1.29 is 14.7 Å². The molecule has 6 rings (SSSR count). The topological polar surface area (TPSA) is 88.3 Å². The number of aryl methyl sites for hydroxylation is 1. The molecule has 2 aromatic carbocycles. The van der Waals surface area contributed by atoms with Crippen LogP contribution in [-0.2, 0) is 23.1 Å². The number of fused-ring (bicyclic) bond motifs is 1. The van der Waals surface area contributed by atoms with Gasteiger partial charge in [0.1, 0.15) is 5.65 Å². The summed E-state index contributed by atoms with van der Waals surface area (Å²) in [5.41, 5.74) is 5.28. The summed E-state index contributed by atoms with van der Waals surface area (Å²) in [4.78, 5) is 36.9. The van der Waals surface area contributed by atoms with E-state index in [9.17, 15) is 14.7 Å². The number of thiazole rings is 1. The van der Waals surface area contributed by atoms with Crippen LogP contribution in [0, 0.1) is 5.92 Å². The van der Waals surface area contributed by atoms with E-state index in [0.29, 0.717) is 22.3 Å². The van der Waals surface area contributed by atoms with E-state index in [1.165, 1.54) is 11.3 Å². The molecule has 1 atom stereocenters. The molecule has 7 nitrogen and oxygen atoms in total. The van der Waals surface area contributed by atoms with Gasteiger partial charge in [0.2, 0.25) is 5.91 Å². The molecule has 3 heterocycles. The highest BCUT2D eigenvalue weighted by atomic mass is 35.5. The number of pyridine rings is 1. The predicted molar refractivity (Wildman–Crippen MR) is 159 cm³/mol. The largest absolute Gasteiger partial charge is 0.481 e. The molecule has 9 heteroatoms. The monoisotopic (exact) mass is 570 g/mol. The molecule has 0 saturated heterocycles. The van der Waals surface area contributed by atoms with Crippen LogP contribution in [0.25, 0.3) is 33.4 Å². The van der Waals surface area contributed by atoms with Crippen molar-refractivity contribution in [3.8, 4) is 22.4 Å². The van der Waals surface area contributed by atoms with Crippen LogP contribution in [0.4, 0.5) is 5.13 Å². The fourth-order valence-electron chi connectivity index (χ4n) is 5.10. The summed E-state index contributed by atoms with van der Waals surface area (Å²) in [5, 5.41) is 13.7. The lowest BCUT2D eigenvalue weighted by Crippen LogP contribution is -2.39. The second-order valence-electron chi connectivity index (χ2n) is 10.2. The van der Waals surface area contributed by atoms with Crippen molar-refractivity contribution in [3.05, 3.63) is 89.0 Å². The van der Waals surface area contributed by atoms with Crippen molar-refractivity contribution in [2.45, 2.75) is 31.7 Å². The summed E-state index contributed by atoms with van der Waals surface area (Å²) in [5.74, 6) is -1.87. The molecule has 40 heavy (non-hydrogen) atoms. The fraction of sp³-hybridized carbons (Fsp3) is 0.226. The van der Waals surface area contributed by atoms with Crippen molar-refractivity contribution in [2.24, 2.45) is 13.0 Å². The van der Waals surface area contributed by atoms with E-state index in [1.807, 2.05) is 84.0 Å². The Kier molecular flexibility index (Phi) is 7.12. The Labute approximate surface area is 240 Å². The minimum absolute atomic E-state index is 0.0297. The number of aromatic nitrogens is 3. The van der Waals surface area contributed by atoms with Crippen molar-refractivity contribution in [1.82, 2.24) is 14.5 Å². The van der Waals surface area contributed by atoms with Crippen LogP contribution in [-0.4, -0.2) is 37.6 Å². The number of rotatable bonds is 9. The maximum absolute atomic E-state index is 13.9. The highest BCUT2D eigenvalue weighted by Crippen LogP contribution is 2.40. The Morgan fingerprint density at radius 2 is 1.93 bits per heavy atom. The van der Waals surface area contributed by atoms with Gasteiger partial charge in [-0.15, -0.1) is 11.3 Å². The lowest BCUT2D eigenvalue weighted by atomic mass is 9.94. The Morgan fingerprint density at radius 1 is 1.12 bits per heavy atom. The molecule has 0 bridgehead atoms. The number of carboxylic acids is 1. The van der Waals surface area contributed by atoms with Gasteiger partial charge in [-0.05, 0) is 54.7 Å². The Morgan fingerprint density at radius 3 is 2.67 bits per heavy atom. The third-order valence-electron chi connectivity index (χ3n) is 7.22. The summed E-state index contributed by atoms with van der Waals surface area (Å²) in [7, 11) is 1.97. The Balaban J connectivity index is 1.35. The molecular formula is C31H27ClN4O3S. The molecule has 1 fully saturated rings. The van der Waals surface area contributed by atoms with E-state index in [-0.39, 0.29) is 18.4 Å². The lowest BCUT2D eigenvalue weighted by Gasteiger charge is -2.25. The summed E-state index contributed by atoms with van der Waals surface area (Å²) in [6.45, 7) is 0. The summed E-state index contributed by atoms with van der Waals surface area (Å²) < 4.78 is 1.98. The number of carboxylic acid groups (broad SMARTS) is 1. The first-order valence-corrected chi connectivity index (χ1v) is 14.4. The number of anilines is 1. The normalized spacial score (nSPS) is 13.8. The van der Waals surface area contributed by atoms with E-state index < -0.39 is 11.9 Å². The first kappa shape index (κ1) is 26.2. The first-order chi connectivity index (χ1) is 19.4. The van der Waals surface area contributed by atoms with Gasteiger partial charge in [0.05, 0.1) is 18.0 Å². The molecule has 1 saturated carbocycles. The van der Waals surface area contributed by atoms with E-state index in [0.717, 1.165) is 46.1 Å². The molecule has 0 spiro atoms. The number of halogens is 1. The van der Waals surface area contributed by atoms with Crippen LogP contribution >= 0.6 is 22.9 Å². The number of hydrogen-bond donors (Lipinski definition) is 1. The zero-order valence-corrected chi connectivity index (χ0v) is 23.4. The minimum atomic E-state index is -0.989. The second-order valence-corrected chi connectivity index (χ2v) is 11.5. The summed E-state index contributed by atoms with van der Waals surface area (Å²) in [6.07, 6.45) is 5.70. The van der Waals surface area contributed by atoms with Gasteiger partial charge >= 0.3 is 5.97 Å². The molecule has 0 radical (unpaired) electrons. The van der Waals surface area contributed by atoms with Gasteiger partial charge in [0.15, 0.2) is 5.13 Å². The lowest BCUT2D eigenvalue weighted by molar-refractivity contribution is -0.140. The van der Waals surface area contributed by atoms with Crippen molar-refractivity contribution in [1.29, 1.82) is 0 Å². The molecular weight excluding hydrogens is 544 g/mol. The quantitative estimate of drug-likeness (QED) is 0.209. The van der Waals surface area contributed by atoms with Gasteiger partial charge in [0.25, 0.3) is 0 Å². The van der Waals surface area contributed by atoms with Crippen LogP contribution in [0.3, 0.4) is 0 Å². The summed E-state index contributed by atoms with van der Waals surface area (Å²) >= 11 is 7.83. The standard InChI is InChI=1S/C31H27ClN4O3S/c1-35-12-11-20-14-22(17-33-29(20)35)25-10-7-23(32)16-26(25)27-18-40-31(34-27)36(24-8-9-24)30(39)21(15-28(37)38)13-19-5-3-2-4-6-19/h2-7,10-12,14,16-18,21,24H,8-9,13,15H2,1H3,(H,37,38)/t21-/m1/s1. The maximum Gasteiger partial charge on any atom is 0.304 e. The minimum Gasteiger partial charge on any atom is -0.481 e. The van der Waals surface area contributed by atoms with Crippen molar-refractivity contribution in [3.63, 3.8) is 0 Å². The highest BCUT2D eigenvalue weighted by Gasteiger charge is 2.39. The smallest absolute Gasteiger partial charge is 0.304 e. The Hall–Kier alpha value is -4.01. The maximum atomic E-state index is 13.9. The number of carbonyl (C=O) groups is 2. The van der Waals surface area contributed by atoms with Gasteiger partial charge in [-0.25, -0.2) is 9.97 Å². The van der Waals surface area contributed by atoms with E-state index in [1.54, 1.807) is 4.90 Å². The van der Waals surface area contributed by atoms with Crippen molar-refractivity contribution >= 4 is 51.0 Å². The SMILES string of the molecule is Cn1ccc2cc(-c3ccc(Cl)cc3-c3csc(N(C(=O)[C@@H](CC(=O)O)Cc4ccccc4)C4CC4)n3)cnc21. The number of aliphatic carboxylic acids is 1. The number of carbonyl (C=O) groups excluding carboxylic acids is 1. The highest BCUT2D eigenvalue weighted by molar-refractivity contribution is 7.14. The number of amides is 1. The molecule has 1 aliphatic carbocycles. The second kappa shape index (κ2) is 10.9. The van der Waals surface area contributed by atoms with Crippen LogP contribution in [0.1, 0.15) is 24.8 Å². The molecule has 3 aromatic heterocycles. The van der Waals surface area contributed by atoms with E-state index in [4.69, 9.17) is 16.6 Å². The van der Waals surface area contributed by atoms with Gasteiger partial charge in [-0.3, -0.25) is 14.5 Å². The molecule has 202 valence electrons. The first-order valence-electron chi connectivity index (χ1n) is 13.1. The van der Waals surface area contributed by atoms with Gasteiger partial charge in [0, 0.05) is 52.4 Å². The number of nitrogens with zero attached hydrogens (tertiary/aromatic N) is 4. The third-order valence-corrected chi connectivity index (χ3v) is 8.29. The van der Waals surface area contributed by atoms with Crippen LogP contribution in [0.5, 0.6) is 0 Å². The van der Waals surface area contributed by atoms with Gasteiger partial charge in [-0.1, -0.05) is 48.0 Å². The zero-order chi connectivity index (χ0) is 27.8. The molecule has 1 aliphatic rings. The molecule has 0 unspecified atom stereocenters.